The molecule has 9 heteroatoms. The van der Waals surface area contributed by atoms with E-state index in [0.717, 1.165) is 6.20 Å². The molecule has 0 fully saturated rings. The van der Waals surface area contributed by atoms with E-state index in [2.05, 4.69) is 9.97 Å². The Bertz CT molecular complexity index is 681. The molecule has 0 aliphatic heterocycles. The SMILES string of the molecule is O=[N+]([O-])c1cnc(Cl)nc1-c1cc(F)c(F)cc1F. The van der Waals surface area contributed by atoms with Crippen LogP contribution in [0, 0.1) is 27.6 Å². The molecule has 0 aliphatic rings. The fourth-order valence-electron chi connectivity index (χ4n) is 1.39. The zero-order chi connectivity index (χ0) is 14.2. The van der Waals surface area contributed by atoms with Crippen molar-refractivity contribution >= 4 is 17.3 Å². The summed E-state index contributed by atoms with van der Waals surface area (Å²) in [6.07, 6.45) is 0.755. The highest BCUT2D eigenvalue weighted by atomic mass is 35.5. The molecule has 0 saturated carbocycles. The van der Waals surface area contributed by atoms with Crippen molar-refractivity contribution in [1.82, 2.24) is 9.97 Å². The maximum Gasteiger partial charge on any atom is 0.313 e. The smallest absolute Gasteiger partial charge is 0.258 e. The van der Waals surface area contributed by atoms with Crippen molar-refractivity contribution in [2.24, 2.45) is 0 Å². The minimum atomic E-state index is -1.41. The molecule has 2 aromatic rings. The third-order valence-corrected chi connectivity index (χ3v) is 2.38. The third kappa shape index (κ3) is 2.48. The summed E-state index contributed by atoms with van der Waals surface area (Å²) in [6.45, 7) is 0. The molecule has 0 aliphatic carbocycles. The van der Waals surface area contributed by atoms with Gasteiger partial charge in [-0.2, -0.15) is 0 Å². The van der Waals surface area contributed by atoms with Crippen molar-refractivity contribution < 1.29 is 18.1 Å². The molecule has 2 rings (SSSR count). The Morgan fingerprint density at radius 3 is 2.42 bits per heavy atom. The Labute approximate surface area is 108 Å². The van der Waals surface area contributed by atoms with E-state index in [9.17, 15) is 23.3 Å². The van der Waals surface area contributed by atoms with Gasteiger partial charge in [-0.05, 0) is 17.7 Å². The molecule has 0 N–H and O–H groups in total. The van der Waals surface area contributed by atoms with Crippen molar-refractivity contribution in [3.8, 4) is 11.3 Å². The van der Waals surface area contributed by atoms with E-state index in [1.54, 1.807) is 0 Å². The van der Waals surface area contributed by atoms with Crippen LogP contribution in [-0.4, -0.2) is 14.9 Å². The van der Waals surface area contributed by atoms with Gasteiger partial charge in [-0.1, -0.05) is 0 Å². The number of nitro groups is 1. The monoisotopic (exact) mass is 289 g/mol. The van der Waals surface area contributed by atoms with Crippen molar-refractivity contribution in [1.29, 1.82) is 0 Å². The molecular weight excluding hydrogens is 287 g/mol. The summed E-state index contributed by atoms with van der Waals surface area (Å²) in [6, 6.07) is 0.737. The van der Waals surface area contributed by atoms with E-state index in [0.29, 0.717) is 6.07 Å². The lowest BCUT2D eigenvalue weighted by atomic mass is 10.1. The van der Waals surface area contributed by atoms with Gasteiger partial charge >= 0.3 is 5.69 Å². The fraction of sp³-hybridized carbons (Fsp3) is 0. The quantitative estimate of drug-likeness (QED) is 0.369. The standard InChI is InChI=1S/C10H3ClF3N3O2/c11-10-15-3-8(17(18)19)9(16-10)4-1-6(13)7(14)2-5(4)12/h1-3H. The van der Waals surface area contributed by atoms with Gasteiger partial charge in [0, 0.05) is 11.6 Å². The van der Waals surface area contributed by atoms with E-state index in [1.165, 1.54) is 0 Å². The van der Waals surface area contributed by atoms with Crippen LogP contribution >= 0.6 is 11.6 Å². The first-order valence-corrected chi connectivity index (χ1v) is 5.10. The normalized spacial score (nSPS) is 10.5. The van der Waals surface area contributed by atoms with Crippen LogP contribution in [0.2, 0.25) is 5.28 Å². The summed E-state index contributed by atoms with van der Waals surface area (Å²) in [4.78, 5) is 16.7. The molecular formula is C10H3ClF3N3O2. The second-order valence-electron chi connectivity index (χ2n) is 3.38. The van der Waals surface area contributed by atoms with Crippen molar-refractivity contribution in [3.05, 3.63) is 51.2 Å². The van der Waals surface area contributed by atoms with Crippen LogP contribution in [0.25, 0.3) is 11.3 Å². The van der Waals surface area contributed by atoms with E-state index < -0.39 is 39.3 Å². The molecule has 0 saturated heterocycles. The van der Waals surface area contributed by atoms with Crippen LogP contribution in [0.1, 0.15) is 0 Å². The number of halogens is 4. The number of benzene rings is 1. The Hall–Kier alpha value is -2.22. The number of rotatable bonds is 2. The highest BCUT2D eigenvalue weighted by molar-refractivity contribution is 6.28. The van der Waals surface area contributed by atoms with Gasteiger partial charge in [0.1, 0.15) is 12.0 Å². The predicted molar refractivity (Wildman–Crippen MR) is 59.0 cm³/mol. The number of aromatic nitrogens is 2. The molecule has 0 amide bonds. The molecule has 5 nitrogen and oxygen atoms in total. The highest BCUT2D eigenvalue weighted by Gasteiger charge is 2.23. The lowest BCUT2D eigenvalue weighted by molar-refractivity contribution is -0.384. The summed E-state index contributed by atoms with van der Waals surface area (Å²) < 4.78 is 39.5. The molecule has 0 radical (unpaired) electrons. The second-order valence-corrected chi connectivity index (χ2v) is 3.71. The Balaban J connectivity index is 2.74. The molecule has 0 bridgehead atoms. The third-order valence-electron chi connectivity index (χ3n) is 2.20. The first-order chi connectivity index (χ1) is 8.90. The zero-order valence-electron chi connectivity index (χ0n) is 8.90. The molecule has 98 valence electrons. The van der Waals surface area contributed by atoms with E-state index in [-0.39, 0.29) is 11.3 Å². The second kappa shape index (κ2) is 4.81. The number of hydrogen-bond donors (Lipinski definition) is 0. The van der Waals surface area contributed by atoms with Gasteiger partial charge in [-0.25, -0.2) is 23.1 Å². The Morgan fingerprint density at radius 1 is 1.16 bits per heavy atom. The maximum absolute atomic E-state index is 13.6. The fourth-order valence-corrected chi connectivity index (χ4v) is 1.52. The van der Waals surface area contributed by atoms with Gasteiger partial charge < -0.3 is 0 Å². The van der Waals surface area contributed by atoms with Gasteiger partial charge in [0.25, 0.3) is 0 Å². The summed E-state index contributed by atoms with van der Waals surface area (Å²) in [5, 5.41) is 10.4. The summed E-state index contributed by atoms with van der Waals surface area (Å²) in [7, 11) is 0. The van der Waals surface area contributed by atoms with Crippen molar-refractivity contribution in [2.45, 2.75) is 0 Å². The van der Waals surface area contributed by atoms with Crippen molar-refractivity contribution in [2.75, 3.05) is 0 Å². The summed E-state index contributed by atoms with van der Waals surface area (Å²) in [5.41, 5.74) is -1.77. The molecule has 1 aromatic heterocycles. The minimum absolute atomic E-state index is 0.268. The Morgan fingerprint density at radius 2 is 1.79 bits per heavy atom. The maximum atomic E-state index is 13.6. The molecule has 1 heterocycles. The zero-order valence-corrected chi connectivity index (χ0v) is 9.66. The van der Waals surface area contributed by atoms with E-state index in [1.807, 2.05) is 0 Å². The minimum Gasteiger partial charge on any atom is -0.258 e. The van der Waals surface area contributed by atoms with Gasteiger partial charge in [0.15, 0.2) is 17.3 Å². The van der Waals surface area contributed by atoms with Gasteiger partial charge in [-0.15, -0.1) is 0 Å². The van der Waals surface area contributed by atoms with E-state index >= 15 is 0 Å². The average molecular weight is 290 g/mol. The van der Waals surface area contributed by atoms with E-state index in [4.69, 9.17) is 11.6 Å². The van der Waals surface area contributed by atoms with Crippen LogP contribution in [-0.2, 0) is 0 Å². The lowest BCUT2D eigenvalue weighted by Gasteiger charge is -2.04. The van der Waals surface area contributed by atoms with Crippen LogP contribution in [0.5, 0.6) is 0 Å². The summed E-state index contributed by atoms with van der Waals surface area (Å²) in [5.74, 6) is -3.97. The summed E-state index contributed by atoms with van der Waals surface area (Å²) >= 11 is 5.46. The van der Waals surface area contributed by atoms with Crippen molar-refractivity contribution in [3.63, 3.8) is 0 Å². The number of nitrogens with zero attached hydrogens (tertiary/aromatic N) is 3. The van der Waals surface area contributed by atoms with Crippen LogP contribution in [0.15, 0.2) is 18.3 Å². The van der Waals surface area contributed by atoms with Crippen LogP contribution in [0.4, 0.5) is 18.9 Å². The van der Waals surface area contributed by atoms with Gasteiger partial charge in [0.2, 0.25) is 5.28 Å². The molecule has 1 aromatic carbocycles. The van der Waals surface area contributed by atoms with Crippen LogP contribution < -0.4 is 0 Å². The lowest BCUT2D eigenvalue weighted by Crippen LogP contribution is -2.00. The number of hydrogen-bond acceptors (Lipinski definition) is 4. The Kier molecular flexibility index (Phi) is 3.34. The molecule has 0 atom stereocenters. The first-order valence-electron chi connectivity index (χ1n) is 4.72. The molecule has 19 heavy (non-hydrogen) atoms. The van der Waals surface area contributed by atoms with Crippen LogP contribution in [0.3, 0.4) is 0 Å². The molecule has 0 unspecified atom stereocenters. The predicted octanol–water partition coefficient (Wildman–Crippen LogP) is 3.12. The molecule has 0 spiro atoms. The average Bonchev–Trinajstić information content (AvgIpc) is 2.33. The van der Waals surface area contributed by atoms with Gasteiger partial charge in [-0.3, -0.25) is 10.1 Å². The first kappa shape index (κ1) is 13.2. The largest absolute Gasteiger partial charge is 0.313 e. The highest BCUT2D eigenvalue weighted by Crippen LogP contribution is 2.31. The topological polar surface area (TPSA) is 68.9 Å². The van der Waals surface area contributed by atoms with Gasteiger partial charge in [0.05, 0.1) is 4.92 Å².